The minimum atomic E-state index is 0.00662. The second kappa shape index (κ2) is 4.92. The van der Waals surface area contributed by atoms with Crippen molar-refractivity contribution in [1.29, 1.82) is 0 Å². The van der Waals surface area contributed by atoms with Crippen LogP contribution in [-0.2, 0) is 0 Å². The van der Waals surface area contributed by atoms with Crippen LogP contribution in [0, 0.1) is 0 Å². The van der Waals surface area contributed by atoms with Crippen molar-refractivity contribution in [2.24, 2.45) is 5.73 Å². The summed E-state index contributed by atoms with van der Waals surface area (Å²) in [7, 11) is 0. The van der Waals surface area contributed by atoms with Gasteiger partial charge in [-0.05, 0) is 12.1 Å². The lowest BCUT2D eigenvalue weighted by Crippen LogP contribution is -2.29. The molecule has 0 fully saturated rings. The number of aliphatic hydroxyl groups excluding tert-OH is 1. The summed E-state index contributed by atoms with van der Waals surface area (Å²) in [5, 5.41) is 11.6. The van der Waals surface area contributed by atoms with Gasteiger partial charge in [0.2, 0.25) is 0 Å². The highest BCUT2D eigenvalue weighted by Crippen LogP contribution is 2.10. The van der Waals surface area contributed by atoms with Crippen LogP contribution in [0.15, 0.2) is 22.8 Å². The van der Waals surface area contributed by atoms with E-state index in [2.05, 4.69) is 5.32 Å². The van der Waals surface area contributed by atoms with Crippen molar-refractivity contribution in [2.45, 2.75) is 6.04 Å². The molecule has 1 rings (SSSR count). The van der Waals surface area contributed by atoms with Gasteiger partial charge in [0, 0.05) is 13.1 Å². The van der Waals surface area contributed by atoms with Gasteiger partial charge in [0.1, 0.15) is 5.76 Å². The highest BCUT2D eigenvalue weighted by Gasteiger charge is 2.09. The average Bonchev–Trinajstić information content (AvgIpc) is 2.59. The lowest BCUT2D eigenvalue weighted by molar-refractivity contribution is 0.279. The molecule has 12 heavy (non-hydrogen) atoms. The molecule has 0 aliphatic carbocycles. The maximum absolute atomic E-state index is 8.57. The summed E-state index contributed by atoms with van der Waals surface area (Å²) in [5.74, 6) is 0.811. The molecule has 0 saturated heterocycles. The Bertz CT molecular complexity index is 199. The van der Waals surface area contributed by atoms with E-state index in [1.165, 1.54) is 0 Å². The third kappa shape index (κ3) is 2.34. The Balaban J connectivity index is 2.45. The van der Waals surface area contributed by atoms with Gasteiger partial charge in [0.25, 0.3) is 0 Å². The first-order chi connectivity index (χ1) is 5.88. The van der Waals surface area contributed by atoms with Crippen LogP contribution in [-0.4, -0.2) is 24.8 Å². The van der Waals surface area contributed by atoms with Crippen molar-refractivity contribution in [1.82, 2.24) is 5.32 Å². The third-order valence-electron chi connectivity index (χ3n) is 1.62. The Morgan fingerprint density at radius 2 is 2.50 bits per heavy atom. The minimum absolute atomic E-state index is 0.00662. The van der Waals surface area contributed by atoms with Gasteiger partial charge in [-0.3, -0.25) is 0 Å². The van der Waals surface area contributed by atoms with E-state index in [9.17, 15) is 0 Å². The first-order valence-corrected chi connectivity index (χ1v) is 3.96. The minimum Gasteiger partial charge on any atom is -0.468 e. The van der Waals surface area contributed by atoms with E-state index in [0.29, 0.717) is 13.1 Å². The molecule has 0 amide bonds. The predicted molar refractivity (Wildman–Crippen MR) is 45.6 cm³/mol. The van der Waals surface area contributed by atoms with E-state index >= 15 is 0 Å². The molecule has 0 radical (unpaired) electrons. The summed E-state index contributed by atoms with van der Waals surface area (Å²) in [4.78, 5) is 0. The van der Waals surface area contributed by atoms with E-state index in [0.717, 1.165) is 5.76 Å². The first-order valence-electron chi connectivity index (χ1n) is 3.96. The molecule has 4 heteroatoms. The Morgan fingerprint density at radius 1 is 1.67 bits per heavy atom. The fourth-order valence-electron chi connectivity index (χ4n) is 1.03. The van der Waals surface area contributed by atoms with Gasteiger partial charge in [0.05, 0.1) is 18.9 Å². The molecule has 1 heterocycles. The zero-order valence-electron chi connectivity index (χ0n) is 6.86. The molecule has 0 saturated carbocycles. The van der Waals surface area contributed by atoms with Crippen molar-refractivity contribution in [3.8, 4) is 0 Å². The maximum Gasteiger partial charge on any atom is 0.121 e. The van der Waals surface area contributed by atoms with Crippen LogP contribution in [0.3, 0.4) is 0 Å². The van der Waals surface area contributed by atoms with E-state index in [1.54, 1.807) is 6.26 Å². The topological polar surface area (TPSA) is 71.4 Å². The van der Waals surface area contributed by atoms with Crippen molar-refractivity contribution in [3.63, 3.8) is 0 Å². The number of furan rings is 1. The zero-order valence-corrected chi connectivity index (χ0v) is 6.86. The summed E-state index contributed by atoms with van der Waals surface area (Å²) in [6, 6.07) is 3.69. The molecule has 0 aliphatic heterocycles. The molecule has 1 aromatic rings. The van der Waals surface area contributed by atoms with Gasteiger partial charge in [-0.25, -0.2) is 0 Å². The van der Waals surface area contributed by atoms with Crippen molar-refractivity contribution in [3.05, 3.63) is 24.2 Å². The zero-order chi connectivity index (χ0) is 8.81. The Hall–Kier alpha value is -0.840. The SMILES string of the molecule is NCC(NCCO)c1ccco1. The molecule has 0 spiro atoms. The standard InChI is InChI=1S/C8H14N2O2/c9-6-7(10-3-4-11)8-2-1-5-12-8/h1-2,5,7,10-11H,3-4,6,9H2. The summed E-state index contributed by atoms with van der Waals surface area (Å²) in [6.45, 7) is 1.10. The summed E-state index contributed by atoms with van der Waals surface area (Å²) >= 11 is 0. The van der Waals surface area contributed by atoms with Crippen LogP contribution in [0.25, 0.3) is 0 Å². The third-order valence-corrected chi connectivity index (χ3v) is 1.62. The molecule has 0 aliphatic rings. The molecule has 68 valence electrons. The number of hydrogen-bond donors (Lipinski definition) is 3. The maximum atomic E-state index is 8.57. The van der Waals surface area contributed by atoms with Crippen LogP contribution >= 0.6 is 0 Å². The largest absolute Gasteiger partial charge is 0.468 e. The number of hydrogen-bond acceptors (Lipinski definition) is 4. The molecule has 1 unspecified atom stereocenters. The predicted octanol–water partition coefficient (Wildman–Crippen LogP) is -0.139. The van der Waals surface area contributed by atoms with Crippen molar-refractivity contribution in [2.75, 3.05) is 19.7 Å². The van der Waals surface area contributed by atoms with Gasteiger partial charge >= 0.3 is 0 Å². The first kappa shape index (κ1) is 9.25. The van der Waals surface area contributed by atoms with Gasteiger partial charge < -0.3 is 20.6 Å². The molecular formula is C8H14N2O2. The lowest BCUT2D eigenvalue weighted by Gasteiger charge is -2.12. The molecule has 1 atom stereocenters. The summed E-state index contributed by atoms with van der Waals surface area (Å²) in [6.07, 6.45) is 1.61. The van der Waals surface area contributed by atoms with Crippen LogP contribution in [0.2, 0.25) is 0 Å². The Morgan fingerprint density at radius 3 is 3.00 bits per heavy atom. The van der Waals surface area contributed by atoms with Crippen molar-refractivity contribution >= 4 is 0 Å². The van der Waals surface area contributed by atoms with Gasteiger partial charge in [-0.1, -0.05) is 0 Å². The molecule has 0 aromatic carbocycles. The fourth-order valence-corrected chi connectivity index (χ4v) is 1.03. The normalized spacial score (nSPS) is 13.2. The monoisotopic (exact) mass is 170 g/mol. The van der Waals surface area contributed by atoms with E-state index < -0.39 is 0 Å². The van der Waals surface area contributed by atoms with Crippen LogP contribution in [0.1, 0.15) is 11.8 Å². The molecule has 0 bridgehead atoms. The number of nitrogens with two attached hydrogens (primary N) is 1. The van der Waals surface area contributed by atoms with Gasteiger partial charge in [-0.15, -0.1) is 0 Å². The molecule has 4 nitrogen and oxygen atoms in total. The van der Waals surface area contributed by atoms with Crippen LogP contribution < -0.4 is 11.1 Å². The molecule has 4 N–H and O–H groups in total. The van der Waals surface area contributed by atoms with E-state index in [4.69, 9.17) is 15.3 Å². The second-order valence-electron chi connectivity index (χ2n) is 2.48. The lowest BCUT2D eigenvalue weighted by atomic mass is 10.2. The molecular weight excluding hydrogens is 156 g/mol. The summed E-state index contributed by atoms with van der Waals surface area (Å²) < 4.78 is 5.16. The Kier molecular flexibility index (Phi) is 3.79. The van der Waals surface area contributed by atoms with E-state index in [-0.39, 0.29) is 12.6 Å². The second-order valence-corrected chi connectivity index (χ2v) is 2.48. The smallest absolute Gasteiger partial charge is 0.121 e. The van der Waals surface area contributed by atoms with Gasteiger partial charge in [-0.2, -0.15) is 0 Å². The van der Waals surface area contributed by atoms with Crippen molar-refractivity contribution < 1.29 is 9.52 Å². The Labute approximate surface area is 71.4 Å². The van der Waals surface area contributed by atoms with Crippen LogP contribution in [0.4, 0.5) is 0 Å². The quantitative estimate of drug-likeness (QED) is 0.575. The molecule has 1 aromatic heterocycles. The fraction of sp³-hybridized carbons (Fsp3) is 0.500. The van der Waals surface area contributed by atoms with Crippen LogP contribution in [0.5, 0.6) is 0 Å². The summed E-state index contributed by atoms with van der Waals surface area (Å²) in [5.41, 5.74) is 5.50. The number of rotatable bonds is 5. The van der Waals surface area contributed by atoms with E-state index in [1.807, 2.05) is 12.1 Å². The highest BCUT2D eigenvalue weighted by molar-refractivity contribution is 5.04. The number of aliphatic hydroxyl groups is 1. The highest BCUT2D eigenvalue weighted by atomic mass is 16.3. The average molecular weight is 170 g/mol. The van der Waals surface area contributed by atoms with Gasteiger partial charge in [0.15, 0.2) is 0 Å². The number of nitrogens with one attached hydrogen (secondary N) is 1.